The van der Waals surface area contributed by atoms with E-state index in [1.807, 2.05) is 53.7 Å². The maximum Gasteiger partial charge on any atom is 0.339 e. The van der Waals surface area contributed by atoms with Crippen LogP contribution in [0.5, 0.6) is 11.5 Å². The minimum absolute atomic E-state index is 0.0687. The maximum atomic E-state index is 12.7. The molecule has 42 heavy (non-hydrogen) atoms. The van der Waals surface area contributed by atoms with Crippen LogP contribution in [0.1, 0.15) is 77.1 Å². The van der Waals surface area contributed by atoms with Gasteiger partial charge in [-0.2, -0.15) is 13.5 Å². The number of nitrogens with zero attached hydrogens (tertiary/aromatic N) is 1. The van der Waals surface area contributed by atoms with Gasteiger partial charge in [0, 0.05) is 19.0 Å². The van der Waals surface area contributed by atoms with E-state index in [-0.39, 0.29) is 39.7 Å². The van der Waals surface area contributed by atoms with Gasteiger partial charge < -0.3 is 14.6 Å². The maximum absolute atomic E-state index is 12.7. The lowest BCUT2D eigenvalue weighted by molar-refractivity contribution is -0.121. The fourth-order valence-electron chi connectivity index (χ4n) is 4.20. The van der Waals surface area contributed by atoms with Gasteiger partial charge in [0.25, 0.3) is 0 Å². The van der Waals surface area contributed by atoms with Crippen molar-refractivity contribution in [2.75, 3.05) is 5.32 Å². The topological polar surface area (TPSA) is 134 Å². The number of aryl methyl sites for hydroxylation is 1. The zero-order valence-corrected chi connectivity index (χ0v) is 25.9. The second-order valence-corrected chi connectivity index (χ2v) is 13.7. The number of hydrazone groups is 1. The highest BCUT2D eigenvalue weighted by Gasteiger charge is 2.26. The number of hydrogen-bond acceptors (Lipinski definition) is 7. The van der Waals surface area contributed by atoms with Crippen molar-refractivity contribution in [1.82, 2.24) is 5.43 Å². The Kier molecular flexibility index (Phi) is 9.83. The van der Waals surface area contributed by atoms with E-state index in [4.69, 9.17) is 4.18 Å². The summed E-state index contributed by atoms with van der Waals surface area (Å²) in [4.78, 5) is 23.6. The Hall–Kier alpha value is -4.18. The third-order valence-electron chi connectivity index (χ3n) is 6.36. The number of anilines is 1. The van der Waals surface area contributed by atoms with Crippen molar-refractivity contribution >= 4 is 33.8 Å². The number of carbonyl (C=O) groups is 2. The van der Waals surface area contributed by atoms with Crippen LogP contribution in [-0.2, 0) is 37.0 Å². The van der Waals surface area contributed by atoms with Crippen molar-refractivity contribution in [2.24, 2.45) is 5.10 Å². The second-order valence-electron chi connectivity index (χ2n) is 12.1. The summed E-state index contributed by atoms with van der Waals surface area (Å²) in [5.41, 5.74) is 5.61. The molecule has 0 aromatic heterocycles. The van der Waals surface area contributed by atoms with Crippen LogP contribution in [0.25, 0.3) is 0 Å². The number of carbonyl (C=O) groups excluding carboxylic acids is 2. The Bertz CT molecular complexity index is 1550. The van der Waals surface area contributed by atoms with Gasteiger partial charge in [0.2, 0.25) is 11.8 Å². The summed E-state index contributed by atoms with van der Waals surface area (Å²) in [6, 6.07) is 15.8. The molecule has 0 unspecified atom stereocenters. The van der Waals surface area contributed by atoms with Crippen molar-refractivity contribution in [3.8, 4) is 11.5 Å². The molecule has 0 aliphatic rings. The molecule has 0 radical (unpaired) electrons. The highest BCUT2D eigenvalue weighted by Crippen LogP contribution is 2.40. The van der Waals surface area contributed by atoms with E-state index in [1.54, 1.807) is 12.1 Å². The first-order valence-electron chi connectivity index (χ1n) is 13.6. The molecular weight excluding hydrogens is 554 g/mol. The Labute approximate surface area is 248 Å². The number of phenols is 1. The van der Waals surface area contributed by atoms with Crippen LogP contribution in [-0.4, -0.2) is 31.6 Å². The number of rotatable bonds is 9. The van der Waals surface area contributed by atoms with E-state index in [0.29, 0.717) is 23.4 Å². The first-order valence-corrected chi connectivity index (χ1v) is 15.0. The van der Waals surface area contributed by atoms with Gasteiger partial charge in [-0.25, -0.2) is 5.43 Å². The summed E-state index contributed by atoms with van der Waals surface area (Å²) in [6.07, 6.45) is 2.06. The summed E-state index contributed by atoms with van der Waals surface area (Å²) in [6.45, 7) is 13.6. The molecule has 0 bridgehead atoms. The molecule has 3 rings (SSSR count). The largest absolute Gasteiger partial charge is 0.507 e. The smallest absolute Gasteiger partial charge is 0.339 e. The average molecular weight is 594 g/mol. The van der Waals surface area contributed by atoms with Gasteiger partial charge >= 0.3 is 10.1 Å². The normalized spacial score (nSPS) is 12.3. The van der Waals surface area contributed by atoms with Crippen molar-refractivity contribution in [3.05, 3.63) is 82.9 Å². The van der Waals surface area contributed by atoms with Gasteiger partial charge in [0.15, 0.2) is 0 Å². The molecule has 2 amide bonds. The minimum atomic E-state index is -4.11. The summed E-state index contributed by atoms with van der Waals surface area (Å²) >= 11 is 0. The zero-order valence-electron chi connectivity index (χ0n) is 25.1. The SMILES string of the molecule is CC(=O)Nc1ccc(S(=O)(=O)Oc2cccc(/C=N\NC(=O)CCc3cc(C(C)(C)C)c(O)c(C(C)(C)C)c3)c2)cc1. The van der Waals surface area contributed by atoms with E-state index in [1.165, 1.54) is 49.5 Å². The van der Waals surface area contributed by atoms with E-state index < -0.39 is 10.1 Å². The highest BCUT2D eigenvalue weighted by molar-refractivity contribution is 7.87. The summed E-state index contributed by atoms with van der Waals surface area (Å²) in [5, 5.41) is 17.5. The monoisotopic (exact) mass is 593 g/mol. The summed E-state index contributed by atoms with van der Waals surface area (Å²) in [5.74, 6) is -0.176. The van der Waals surface area contributed by atoms with E-state index in [2.05, 4.69) is 15.8 Å². The van der Waals surface area contributed by atoms with E-state index >= 15 is 0 Å². The van der Waals surface area contributed by atoms with Gasteiger partial charge in [-0.1, -0.05) is 65.8 Å². The van der Waals surface area contributed by atoms with Crippen LogP contribution in [0.3, 0.4) is 0 Å². The van der Waals surface area contributed by atoms with E-state index in [9.17, 15) is 23.1 Å². The zero-order chi connectivity index (χ0) is 31.3. The number of hydrogen-bond donors (Lipinski definition) is 3. The van der Waals surface area contributed by atoms with Gasteiger partial charge in [0.1, 0.15) is 16.4 Å². The fraction of sp³-hybridized carbons (Fsp3) is 0.344. The number of amides is 2. The molecule has 0 spiro atoms. The molecule has 0 aliphatic heterocycles. The number of nitrogens with one attached hydrogen (secondary N) is 2. The summed E-state index contributed by atoms with van der Waals surface area (Å²) in [7, 11) is -4.11. The molecular formula is C32H39N3O6S. The number of phenolic OH excluding ortho intramolecular Hbond substituents is 1. The van der Waals surface area contributed by atoms with E-state index in [0.717, 1.165) is 16.7 Å². The van der Waals surface area contributed by atoms with Crippen LogP contribution >= 0.6 is 0 Å². The molecule has 0 heterocycles. The summed E-state index contributed by atoms with van der Waals surface area (Å²) < 4.78 is 30.6. The molecule has 224 valence electrons. The molecule has 10 heteroatoms. The highest BCUT2D eigenvalue weighted by atomic mass is 32.2. The third-order valence-corrected chi connectivity index (χ3v) is 7.62. The molecule has 0 aliphatic carbocycles. The first-order chi connectivity index (χ1) is 19.5. The molecule has 3 aromatic rings. The molecule has 0 saturated carbocycles. The predicted molar refractivity (Wildman–Crippen MR) is 165 cm³/mol. The van der Waals surface area contributed by atoms with Crippen LogP contribution in [0.4, 0.5) is 5.69 Å². The van der Waals surface area contributed by atoms with Crippen LogP contribution in [0.15, 0.2) is 70.7 Å². The van der Waals surface area contributed by atoms with Crippen molar-refractivity contribution in [1.29, 1.82) is 0 Å². The van der Waals surface area contributed by atoms with Gasteiger partial charge in [-0.3, -0.25) is 9.59 Å². The van der Waals surface area contributed by atoms with Crippen LogP contribution < -0.4 is 14.9 Å². The van der Waals surface area contributed by atoms with Crippen molar-refractivity contribution in [3.63, 3.8) is 0 Å². The van der Waals surface area contributed by atoms with Gasteiger partial charge in [0.05, 0.1) is 6.21 Å². The Morgan fingerprint density at radius 2 is 1.52 bits per heavy atom. The Morgan fingerprint density at radius 3 is 2.07 bits per heavy atom. The number of aromatic hydroxyl groups is 1. The molecule has 3 aromatic carbocycles. The quantitative estimate of drug-likeness (QED) is 0.163. The Balaban J connectivity index is 1.63. The lowest BCUT2D eigenvalue weighted by Crippen LogP contribution is -2.20. The third kappa shape index (κ3) is 8.91. The molecule has 0 atom stereocenters. The van der Waals surface area contributed by atoms with Crippen LogP contribution in [0.2, 0.25) is 0 Å². The molecule has 0 fully saturated rings. The fourth-order valence-corrected chi connectivity index (χ4v) is 5.13. The standard InChI is InChI=1S/C32H39N3O6S/c1-21(36)34-24-12-14-26(15-13-24)42(39,40)41-25-10-8-9-23(17-25)20-33-35-29(37)16-11-22-18-27(31(2,3)4)30(38)28(19-22)32(5,6)7/h8-10,12-15,17-20,38H,11,16H2,1-7H3,(H,34,36)(H,35,37)/b33-20-. The first kappa shape index (κ1) is 32.3. The van der Waals surface area contributed by atoms with Gasteiger partial charge in [-0.05, 0) is 75.9 Å². The lowest BCUT2D eigenvalue weighted by Gasteiger charge is -2.28. The minimum Gasteiger partial charge on any atom is -0.507 e. The Morgan fingerprint density at radius 1 is 0.929 bits per heavy atom. The molecule has 3 N–H and O–H groups in total. The van der Waals surface area contributed by atoms with Crippen LogP contribution in [0, 0.1) is 0 Å². The van der Waals surface area contributed by atoms with Crippen molar-refractivity contribution in [2.45, 2.75) is 77.0 Å². The second kappa shape index (κ2) is 12.8. The molecule has 0 saturated heterocycles. The van der Waals surface area contributed by atoms with Crippen molar-refractivity contribution < 1.29 is 27.3 Å². The average Bonchev–Trinajstić information content (AvgIpc) is 2.86. The predicted octanol–water partition coefficient (Wildman–Crippen LogP) is 5.80. The van der Waals surface area contributed by atoms with Gasteiger partial charge in [-0.15, -0.1) is 0 Å². The number of benzene rings is 3. The molecule has 9 nitrogen and oxygen atoms in total. The lowest BCUT2D eigenvalue weighted by atomic mass is 9.78.